The normalized spacial score (nSPS) is 39.2. The molecule has 3 aliphatic rings. The van der Waals surface area contributed by atoms with Crippen molar-refractivity contribution in [1.29, 1.82) is 0 Å². The largest absolute Gasteiger partial charge is 0.479 e. The van der Waals surface area contributed by atoms with E-state index in [1.54, 1.807) is 13.0 Å². The minimum atomic E-state index is -1.72. The van der Waals surface area contributed by atoms with Crippen LogP contribution < -0.4 is 5.32 Å². The van der Waals surface area contributed by atoms with Crippen LogP contribution in [0.3, 0.4) is 0 Å². The van der Waals surface area contributed by atoms with Crippen LogP contribution in [-0.4, -0.2) is 113 Å². The van der Waals surface area contributed by atoms with Crippen molar-refractivity contribution in [1.82, 2.24) is 5.32 Å². The number of amides is 1. The van der Waals surface area contributed by atoms with E-state index in [-0.39, 0.29) is 5.92 Å². The van der Waals surface area contributed by atoms with Gasteiger partial charge >= 0.3 is 11.9 Å². The first kappa shape index (κ1) is 29.9. The van der Waals surface area contributed by atoms with Gasteiger partial charge in [0.05, 0.1) is 18.8 Å². The van der Waals surface area contributed by atoms with Gasteiger partial charge in [0, 0.05) is 20.1 Å². The Kier molecular flexibility index (Phi) is 10.6. The van der Waals surface area contributed by atoms with Crippen LogP contribution >= 0.6 is 0 Å². The van der Waals surface area contributed by atoms with Gasteiger partial charge in [-0.3, -0.25) is 4.79 Å². The fraction of sp³-hybridized carbons (Fsp3) is 0.640. The lowest BCUT2D eigenvalue weighted by Gasteiger charge is -2.47. The molecule has 11 atom stereocenters. The molecule has 13 nitrogen and oxygen atoms in total. The van der Waals surface area contributed by atoms with Gasteiger partial charge in [-0.1, -0.05) is 30.4 Å². The van der Waals surface area contributed by atoms with Crippen molar-refractivity contribution >= 4 is 17.8 Å². The second-order valence-corrected chi connectivity index (χ2v) is 9.31. The van der Waals surface area contributed by atoms with E-state index in [9.17, 15) is 34.8 Å². The lowest BCUT2D eigenvalue weighted by molar-refractivity contribution is -0.328. The summed E-state index contributed by atoms with van der Waals surface area (Å²) in [5.41, 5.74) is 0. The van der Waals surface area contributed by atoms with Gasteiger partial charge in [-0.15, -0.1) is 0 Å². The topological polar surface area (TPSA) is 190 Å². The number of carbonyl (C=O) groups excluding carboxylic acids is 2. The van der Waals surface area contributed by atoms with Gasteiger partial charge in [0.25, 0.3) is 0 Å². The highest BCUT2D eigenvalue weighted by Gasteiger charge is 2.54. The molecule has 0 saturated carbocycles. The minimum absolute atomic E-state index is 0.0389. The molecular formula is C25H35NO12. The number of carbonyl (C=O) groups is 3. The predicted octanol–water partition coefficient (Wildman–Crippen LogP) is -1.20. The first-order chi connectivity index (χ1) is 18.1. The van der Waals surface area contributed by atoms with Crippen molar-refractivity contribution < 1.29 is 58.5 Å². The molecule has 0 aromatic rings. The number of allylic oxidation sites excluding steroid dienone is 5. The van der Waals surface area contributed by atoms with Crippen LogP contribution in [0.5, 0.6) is 0 Å². The third kappa shape index (κ3) is 7.05. The van der Waals surface area contributed by atoms with E-state index in [0.717, 1.165) is 0 Å². The summed E-state index contributed by atoms with van der Waals surface area (Å²) in [6, 6.07) is -0.961. The number of hydrogen-bond acceptors (Lipinski definition) is 11. The van der Waals surface area contributed by atoms with E-state index in [1.165, 1.54) is 20.1 Å². The number of aliphatic hydroxyl groups is 3. The number of nitrogens with one attached hydrogen (secondary N) is 1. The first-order valence-corrected chi connectivity index (χ1v) is 12.3. The lowest BCUT2D eigenvalue weighted by atomic mass is 9.92. The Bertz CT molecular complexity index is 935. The Labute approximate surface area is 219 Å². The summed E-state index contributed by atoms with van der Waals surface area (Å²) in [6.45, 7) is 2.25. The van der Waals surface area contributed by atoms with Crippen molar-refractivity contribution in [3.05, 3.63) is 36.5 Å². The average Bonchev–Trinajstić information content (AvgIpc) is 2.88. The number of aliphatic carboxylic acids is 1. The summed E-state index contributed by atoms with van der Waals surface area (Å²) in [4.78, 5) is 36.4. The van der Waals surface area contributed by atoms with Gasteiger partial charge in [-0.2, -0.15) is 0 Å². The molecule has 1 aliphatic carbocycles. The zero-order valence-electron chi connectivity index (χ0n) is 21.3. The second-order valence-electron chi connectivity index (χ2n) is 9.31. The van der Waals surface area contributed by atoms with Crippen molar-refractivity contribution in [2.75, 3.05) is 13.7 Å². The fourth-order valence-corrected chi connectivity index (χ4v) is 4.68. The molecule has 0 spiro atoms. The van der Waals surface area contributed by atoms with Crippen molar-refractivity contribution in [3.63, 3.8) is 0 Å². The standard InChI is InChI=1S/C25H35NO12/c1-12-17(26-13(2)28)20(18(30)15(11-27)35-12)37-25-22(19(31)21(34-3)23(38-25)24(32)33)36-16(29)10-9-14-7-5-4-6-8-14/h4-7,9-10,12,14-15,17-23,25,27,30-31H,8,11H2,1-3H3,(H,26,28)(H,32,33). The molecular weight excluding hydrogens is 506 g/mol. The van der Waals surface area contributed by atoms with Gasteiger partial charge in [-0.25, -0.2) is 9.59 Å². The molecule has 11 unspecified atom stereocenters. The Morgan fingerprint density at radius 2 is 1.84 bits per heavy atom. The highest BCUT2D eigenvalue weighted by atomic mass is 16.7. The number of hydrogen-bond donors (Lipinski definition) is 5. The van der Waals surface area contributed by atoms with Crippen LogP contribution in [0.2, 0.25) is 0 Å². The number of aliphatic hydroxyl groups excluding tert-OH is 3. The SMILES string of the molecule is COC1C(C(=O)O)OC(OC2C(O)C(CO)OC(C)C2NC(C)=O)C(OC(=O)C=CC2C=CC=CC2)C1O. The molecule has 2 heterocycles. The van der Waals surface area contributed by atoms with Crippen molar-refractivity contribution in [3.8, 4) is 0 Å². The summed E-state index contributed by atoms with van der Waals surface area (Å²) in [5, 5.41) is 43.7. The molecule has 13 heteroatoms. The fourth-order valence-electron chi connectivity index (χ4n) is 4.68. The number of methoxy groups -OCH3 is 1. The van der Waals surface area contributed by atoms with Crippen LogP contribution in [0.1, 0.15) is 20.3 Å². The Morgan fingerprint density at radius 3 is 2.42 bits per heavy atom. The van der Waals surface area contributed by atoms with Gasteiger partial charge in [-0.05, 0) is 19.3 Å². The average molecular weight is 542 g/mol. The zero-order chi connectivity index (χ0) is 28.0. The zero-order valence-corrected chi connectivity index (χ0v) is 21.3. The molecule has 2 aliphatic heterocycles. The third-order valence-electron chi connectivity index (χ3n) is 6.59. The number of carboxylic acid groups (broad SMARTS) is 1. The smallest absolute Gasteiger partial charge is 0.335 e. The summed E-state index contributed by atoms with van der Waals surface area (Å²) in [7, 11) is 1.17. The Morgan fingerprint density at radius 1 is 1.11 bits per heavy atom. The van der Waals surface area contributed by atoms with Gasteiger partial charge in [0.2, 0.25) is 5.91 Å². The number of rotatable bonds is 9. The van der Waals surface area contributed by atoms with E-state index in [4.69, 9.17) is 23.7 Å². The molecule has 0 aromatic carbocycles. The van der Waals surface area contributed by atoms with E-state index < -0.39 is 85.6 Å². The monoisotopic (exact) mass is 541 g/mol. The predicted molar refractivity (Wildman–Crippen MR) is 128 cm³/mol. The second kappa shape index (κ2) is 13.4. The third-order valence-corrected chi connectivity index (χ3v) is 6.59. The highest BCUT2D eigenvalue weighted by Crippen LogP contribution is 2.31. The Balaban J connectivity index is 1.88. The molecule has 0 radical (unpaired) electrons. The van der Waals surface area contributed by atoms with Crippen LogP contribution in [0, 0.1) is 5.92 Å². The molecule has 2 saturated heterocycles. The first-order valence-electron chi connectivity index (χ1n) is 12.3. The minimum Gasteiger partial charge on any atom is -0.479 e. The van der Waals surface area contributed by atoms with Crippen LogP contribution in [-0.2, 0) is 38.1 Å². The van der Waals surface area contributed by atoms with Crippen molar-refractivity contribution in [2.24, 2.45) is 5.92 Å². The van der Waals surface area contributed by atoms with E-state index in [0.29, 0.717) is 6.42 Å². The van der Waals surface area contributed by atoms with E-state index in [2.05, 4.69) is 5.32 Å². The molecule has 0 bridgehead atoms. The number of esters is 1. The maximum atomic E-state index is 12.7. The lowest BCUT2D eigenvalue weighted by Crippen LogP contribution is -2.68. The quantitative estimate of drug-likeness (QED) is 0.173. The summed E-state index contributed by atoms with van der Waals surface area (Å²) in [5.74, 6) is -2.84. The van der Waals surface area contributed by atoms with Crippen LogP contribution in [0.15, 0.2) is 36.5 Å². The van der Waals surface area contributed by atoms with Crippen LogP contribution in [0.4, 0.5) is 0 Å². The van der Waals surface area contributed by atoms with Gasteiger partial charge in [0.15, 0.2) is 18.5 Å². The summed E-state index contributed by atoms with van der Waals surface area (Å²) in [6.07, 6.45) is -1.75. The van der Waals surface area contributed by atoms with Crippen molar-refractivity contribution in [2.45, 2.75) is 81.4 Å². The molecule has 2 fully saturated rings. The molecule has 5 N–H and O–H groups in total. The van der Waals surface area contributed by atoms with E-state index in [1.807, 2.05) is 24.3 Å². The maximum absolute atomic E-state index is 12.7. The van der Waals surface area contributed by atoms with E-state index >= 15 is 0 Å². The molecule has 1 amide bonds. The van der Waals surface area contributed by atoms with Crippen LogP contribution in [0.25, 0.3) is 0 Å². The number of carboxylic acids is 1. The summed E-state index contributed by atoms with van der Waals surface area (Å²) >= 11 is 0. The van der Waals surface area contributed by atoms with Gasteiger partial charge < -0.3 is 49.4 Å². The molecule has 212 valence electrons. The Hall–Kier alpha value is -2.65. The van der Waals surface area contributed by atoms with Gasteiger partial charge in [0.1, 0.15) is 30.5 Å². The maximum Gasteiger partial charge on any atom is 0.335 e. The molecule has 3 rings (SSSR count). The summed E-state index contributed by atoms with van der Waals surface area (Å²) < 4.78 is 27.7. The highest BCUT2D eigenvalue weighted by molar-refractivity contribution is 5.82. The number of ether oxygens (including phenoxy) is 5. The molecule has 38 heavy (non-hydrogen) atoms. The molecule has 0 aromatic heterocycles.